The van der Waals surface area contributed by atoms with E-state index in [2.05, 4.69) is 4.99 Å². The summed E-state index contributed by atoms with van der Waals surface area (Å²) in [5.41, 5.74) is 15.3. The summed E-state index contributed by atoms with van der Waals surface area (Å²) in [6, 6.07) is -0.820. The summed E-state index contributed by atoms with van der Waals surface area (Å²) in [6.07, 6.45) is 0.956. The minimum absolute atomic E-state index is 0. The predicted octanol–water partition coefficient (Wildman–Crippen LogP) is -1.93. The standard InChI is InChI=1S/C6H14N4O2.Se/c7-4(5(11)12)2-1-3-10-6(8)9;/h4H,1-3,7H2,(H,11,12)(H4,8,9,10);/t4-;/m0./s1. The van der Waals surface area contributed by atoms with Gasteiger partial charge in [-0.3, -0.25) is 9.79 Å². The van der Waals surface area contributed by atoms with E-state index in [0.29, 0.717) is 19.4 Å². The van der Waals surface area contributed by atoms with Crippen molar-refractivity contribution in [3.8, 4) is 0 Å². The van der Waals surface area contributed by atoms with E-state index in [4.69, 9.17) is 22.3 Å². The van der Waals surface area contributed by atoms with Gasteiger partial charge in [0.15, 0.2) is 5.96 Å². The maximum Gasteiger partial charge on any atom is 0.320 e. The summed E-state index contributed by atoms with van der Waals surface area (Å²) >= 11 is 0. The van der Waals surface area contributed by atoms with Gasteiger partial charge in [-0.1, -0.05) is 0 Å². The van der Waals surface area contributed by atoms with Gasteiger partial charge in [-0.15, -0.1) is 0 Å². The summed E-state index contributed by atoms with van der Waals surface area (Å²) < 4.78 is 0. The Kier molecular flexibility index (Phi) is 8.89. The molecule has 13 heavy (non-hydrogen) atoms. The Morgan fingerprint density at radius 1 is 1.46 bits per heavy atom. The molecule has 0 saturated carbocycles. The van der Waals surface area contributed by atoms with Crippen LogP contribution >= 0.6 is 0 Å². The van der Waals surface area contributed by atoms with Crippen LogP contribution in [-0.2, 0) is 4.79 Å². The Morgan fingerprint density at radius 3 is 2.38 bits per heavy atom. The van der Waals surface area contributed by atoms with E-state index >= 15 is 0 Å². The van der Waals surface area contributed by atoms with Crippen LogP contribution in [-0.4, -0.2) is 46.7 Å². The number of aliphatic carboxylic acids is 1. The molecule has 0 aromatic heterocycles. The van der Waals surface area contributed by atoms with Crippen molar-refractivity contribution in [2.75, 3.05) is 6.54 Å². The molecule has 0 unspecified atom stereocenters. The topological polar surface area (TPSA) is 128 Å². The molecule has 0 bridgehead atoms. The van der Waals surface area contributed by atoms with Crippen LogP contribution in [0.25, 0.3) is 0 Å². The first-order valence-corrected chi connectivity index (χ1v) is 3.58. The molecule has 7 heteroatoms. The number of rotatable bonds is 5. The number of hydrogen-bond donors (Lipinski definition) is 4. The van der Waals surface area contributed by atoms with Crippen molar-refractivity contribution in [1.82, 2.24) is 0 Å². The van der Waals surface area contributed by atoms with Crippen LogP contribution in [0.3, 0.4) is 0 Å². The largest absolute Gasteiger partial charge is 0.480 e. The van der Waals surface area contributed by atoms with Crippen molar-refractivity contribution in [2.45, 2.75) is 18.9 Å². The average molecular weight is 253 g/mol. The number of carboxylic acid groups (broad SMARTS) is 1. The molecule has 0 saturated heterocycles. The molecule has 0 aliphatic heterocycles. The summed E-state index contributed by atoms with van der Waals surface area (Å²) in [6.45, 7) is 0.420. The van der Waals surface area contributed by atoms with Crippen molar-refractivity contribution in [3.05, 3.63) is 0 Å². The molecule has 76 valence electrons. The van der Waals surface area contributed by atoms with E-state index in [-0.39, 0.29) is 23.0 Å². The Labute approximate surface area is 87.0 Å². The van der Waals surface area contributed by atoms with E-state index in [1.165, 1.54) is 0 Å². The van der Waals surface area contributed by atoms with Crippen LogP contribution < -0.4 is 17.2 Å². The molecule has 6 nitrogen and oxygen atoms in total. The maximum atomic E-state index is 10.2. The number of guanidine groups is 1. The fourth-order valence-corrected chi connectivity index (χ4v) is 0.643. The van der Waals surface area contributed by atoms with Gasteiger partial charge in [-0.2, -0.15) is 0 Å². The maximum absolute atomic E-state index is 10.2. The van der Waals surface area contributed by atoms with E-state index in [1.54, 1.807) is 0 Å². The van der Waals surface area contributed by atoms with Crippen molar-refractivity contribution < 1.29 is 9.90 Å². The fourth-order valence-electron chi connectivity index (χ4n) is 0.643. The Morgan fingerprint density at radius 2 is 2.00 bits per heavy atom. The van der Waals surface area contributed by atoms with Crippen LogP contribution in [0.5, 0.6) is 0 Å². The number of carbonyl (C=O) groups is 1. The third-order valence-electron chi connectivity index (χ3n) is 1.28. The van der Waals surface area contributed by atoms with Gasteiger partial charge in [0.05, 0.1) is 0 Å². The predicted molar refractivity (Wildman–Crippen MR) is 51.3 cm³/mol. The van der Waals surface area contributed by atoms with Gasteiger partial charge in [-0.25, -0.2) is 0 Å². The van der Waals surface area contributed by atoms with E-state index in [9.17, 15) is 4.79 Å². The zero-order valence-corrected chi connectivity index (χ0v) is 8.85. The SMILES string of the molecule is NC(N)=NCCC[C@H](N)C(=O)O.[Se]. The molecular formula is C6H14N4O2Se. The van der Waals surface area contributed by atoms with E-state index in [1.807, 2.05) is 0 Å². The molecule has 0 rings (SSSR count). The number of nitrogens with two attached hydrogens (primary N) is 3. The second kappa shape index (κ2) is 7.85. The Balaban J connectivity index is 0. The second-order valence-corrected chi connectivity index (χ2v) is 2.39. The number of hydrogen-bond acceptors (Lipinski definition) is 3. The van der Waals surface area contributed by atoms with Gasteiger partial charge in [0.25, 0.3) is 0 Å². The van der Waals surface area contributed by atoms with E-state index < -0.39 is 12.0 Å². The summed E-state index contributed by atoms with van der Waals surface area (Å²) in [7, 11) is 0. The quantitative estimate of drug-likeness (QED) is 0.196. The van der Waals surface area contributed by atoms with Crippen LogP contribution in [0.15, 0.2) is 4.99 Å². The van der Waals surface area contributed by atoms with E-state index in [0.717, 1.165) is 0 Å². The average Bonchev–Trinajstić information content (AvgIpc) is 1.97. The van der Waals surface area contributed by atoms with Crippen molar-refractivity contribution >= 4 is 29.0 Å². The fraction of sp³-hybridized carbons (Fsp3) is 0.667. The normalized spacial score (nSPS) is 11.2. The molecule has 2 radical (unpaired) electrons. The van der Waals surface area contributed by atoms with Crippen LogP contribution in [0.4, 0.5) is 0 Å². The molecule has 0 fully saturated rings. The summed E-state index contributed by atoms with van der Waals surface area (Å²) in [5, 5.41) is 8.38. The molecular weight excluding hydrogens is 239 g/mol. The minimum Gasteiger partial charge on any atom is -0.480 e. The third-order valence-corrected chi connectivity index (χ3v) is 1.28. The van der Waals surface area contributed by atoms with Gasteiger partial charge in [0, 0.05) is 23.6 Å². The monoisotopic (exact) mass is 254 g/mol. The molecule has 0 amide bonds. The third kappa shape index (κ3) is 9.13. The smallest absolute Gasteiger partial charge is 0.320 e. The summed E-state index contributed by atoms with van der Waals surface area (Å²) in [4.78, 5) is 13.9. The number of aliphatic imine (C=N–C) groups is 1. The van der Waals surface area contributed by atoms with Gasteiger partial charge < -0.3 is 22.3 Å². The van der Waals surface area contributed by atoms with Gasteiger partial charge in [0.2, 0.25) is 0 Å². The molecule has 7 N–H and O–H groups in total. The van der Waals surface area contributed by atoms with Crippen molar-refractivity contribution in [1.29, 1.82) is 0 Å². The Bertz CT molecular complexity index is 181. The van der Waals surface area contributed by atoms with Gasteiger partial charge in [-0.05, 0) is 12.8 Å². The molecule has 0 aromatic carbocycles. The zero-order valence-electron chi connectivity index (χ0n) is 7.14. The Hall–Kier alpha value is -0.781. The summed E-state index contributed by atoms with van der Waals surface area (Å²) in [5.74, 6) is -0.987. The first-order valence-electron chi connectivity index (χ1n) is 3.58. The minimum atomic E-state index is -1.00. The molecule has 1 atom stereocenters. The molecule has 0 aliphatic rings. The molecule has 0 heterocycles. The van der Waals surface area contributed by atoms with Gasteiger partial charge in [0.1, 0.15) is 6.04 Å². The van der Waals surface area contributed by atoms with Crippen LogP contribution in [0.1, 0.15) is 12.8 Å². The first-order chi connectivity index (χ1) is 5.54. The molecule has 0 spiro atoms. The molecule has 0 aromatic rings. The van der Waals surface area contributed by atoms with Crippen molar-refractivity contribution in [3.63, 3.8) is 0 Å². The van der Waals surface area contributed by atoms with Crippen LogP contribution in [0.2, 0.25) is 0 Å². The number of carboxylic acids is 1. The molecule has 0 aliphatic carbocycles. The van der Waals surface area contributed by atoms with Gasteiger partial charge >= 0.3 is 5.97 Å². The first kappa shape index (κ1) is 14.7. The van der Waals surface area contributed by atoms with Crippen molar-refractivity contribution in [2.24, 2.45) is 22.2 Å². The second-order valence-electron chi connectivity index (χ2n) is 2.39. The number of nitrogens with zero attached hydrogens (tertiary/aromatic N) is 1. The zero-order chi connectivity index (χ0) is 9.56. The van der Waals surface area contributed by atoms with Crippen LogP contribution in [0, 0.1) is 0 Å².